The van der Waals surface area contributed by atoms with Crippen molar-refractivity contribution in [3.05, 3.63) is 0 Å². The topological polar surface area (TPSA) is 39.3 Å². The van der Waals surface area contributed by atoms with Crippen LogP contribution in [0.2, 0.25) is 0 Å². The van der Waals surface area contributed by atoms with Crippen molar-refractivity contribution in [3.8, 4) is 0 Å². The third-order valence-corrected chi connectivity index (χ3v) is 8.12. The second kappa shape index (κ2) is 4.47. The summed E-state index contributed by atoms with van der Waals surface area (Å²) in [7, 11) is 0. The lowest BCUT2D eigenvalue weighted by Crippen LogP contribution is -2.73. The average molecular weight is 304 g/mol. The Morgan fingerprint density at radius 3 is 2.59 bits per heavy atom. The van der Waals surface area contributed by atoms with Crippen LogP contribution in [0.1, 0.15) is 59.3 Å². The summed E-state index contributed by atoms with van der Waals surface area (Å²) >= 11 is 0. The number of nitrogens with zero attached hydrogens (tertiary/aromatic N) is 1. The summed E-state index contributed by atoms with van der Waals surface area (Å²) in [5.74, 6) is 3.63. The maximum absolute atomic E-state index is 4.05. The van der Waals surface area contributed by atoms with Crippen LogP contribution >= 0.6 is 0 Å². The zero-order chi connectivity index (χ0) is 15.1. The summed E-state index contributed by atoms with van der Waals surface area (Å²) in [6.07, 6.45) is 9.11. The summed E-state index contributed by atoms with van der Waals surface area (Å²) in [4.78, 5) is 0. The molecule has 2 saturated carbocycles. The predicted octanol–water partition coefficient (Wildman–Crippen LogP) is 2.04. The van der Waals surface area contributed by atoms with Gasteiger partial charge in [-0.1, -0.05) is 12.8 Å². The summed E-state index contributed by atoms with van der Waals surface area (Å²) in [5.41, 5.74) is 4.23. The van der Waals surface area contributed by atoms with Crippen LogP contribution in [-0.2, 0) is 0 Å². The van der Waals surface area contributed by atoms with E-state index in [-0.39, 0.29) is 11.2 Å². The molecule has 6 rings (SSSR count). The molecule has 0 spiro atoms. The van der Waals surface area contributed by atoms with Crippen molar-refractivity contribution in [1.82, 2.24) is 21.1 Å². The van der Waals surface area contributed by atoms with Crippen LogP contribution in [0.25, 0.3) is 0 Å². The minimum Gasteiger partial charge on any atom is -0.307 e. The van der Waals surface area contributed by atoms with Crippen LogP contribution in [0.5, 0.6) is 0 Å². The fourth-order valence-electron chi connectivity index (χ4n) is 6.38. The van der Waals surface area contributed by atoms with Crippen LogP contribution in [0.4, 0.5) is 0 Å². The van der Waals surface area contributed by atoms with Gasteiger partial charge in [0.2, 0.25) is 0 Å². The van der Waals surface area contributed by atoms with Crippen molar-refractivity contribution >= 4 is 0 Å². The molecule has 0 amide bonds. The van der Waals surface area contributed by atoms with E-state index in [0.717, 1.165) is 30.2 Å². The van der Waals surface area contributed by atoms with Gasteiger partial charge in [0, 0.05) is 18.1 Å². The van der Waals surface area contributed by atoms with Crippen molar-refractivity contribution < 1.29 is 0 Å². The quantitative estimate of drug-likeness (QED) is 0.640. The number of hydrazine groups is 1. The molecule has 4 nitrogen and oxygen atoms in total. The van der Waals surface area contributed by atoms with Gasteiger partial charge < -0.3 is 5.32 Å². The fraction of sp³-hybridized carbons (Fsp3) is 1.00. The average Bonchev–Trinajstić information content (AvgIpc) is 2.81. The minimum absolute atomic E-state index is 0.105. The van der Waals surface area contributed by atoms with E-state index in [0.29, 0.717) is 12.2 Å². The Balaban J connectivity index is 1.57. The van der Waals surface area contributed by atoms with Crippen molar-refractivity contribution in [2.75, 3.05) is 6.54 Å². The highest BCUT2D eigenvalue weighted by atomic mass is 15.7. The van der Waals surface area contributed by atoms with Gasteiger partial charge in [-0.05, 0) is 70.1 Å². The van der Waals surface area contributed by atoms with Gasteiger partial charge in [-0.15, -0.1) is 0 Å². The highest BCUT2D eigenvalue weighted by Crippen LogP contribution is 2.53. The van der Waals surface area contributed by atoms with Gasteiger partial charge in [-0.25, -0.2) is 10.4 Å². The predicted molar refractivity (Wildman–Crippen MR) is 87.8 cm³/mol. The first kappa shape index (κ1) is 14.2. The third kappa shape index (κ3) is 1.73. The molecule has 4 aliphatic heterocycles. The van der Waals surface area contributed by atoms with Crippen LogP contribution in [0.15, 0.2) is 0 Å². The minimum atomic E-state index is 0.105. The Morgan fingerprint density at radius 2 is 1.77 bits per heavy atom. The molecule has 0 aromatic heterocycles. The maximum atomic E-state index is 4.05. The lowest BCUT2D eigenvalue weighted by Gasteiger charge is -2.56. The molecule has 4 unspecified atom stereocenters. The van der Waals surface area contributed by atoms with Gasteiger partial charge in [0.25, 0.3) is 0 Å². The summed E-state index contributed by atoms with van der Waals surface area (Å²) < 4.78 is 0. The standard InChI is InChI=1S/C18H32N4/c1-11-10-19-17(2)14-6-4-5-12(7-14)13-8-15(9-13)18(3)20-16(17)22(11)21-18/h11-16,19-21H,4-10H2,1-3H3/t11?,12?,13?,14-,15?,16?,17?,18+/m1/s1. The molecule has 6 fully saturated rings. The van der Waals surface area contributed by atoms with Gasteiger partial charge in [0.15, 0.2) is 0 Å². The smallest absolute Gasteiger partial charge is 0.0935 e. The number of nitrogens with one attached hydrogen (secondary N) is 3. The van der Waals surface area contributed by atoms with Crippen LogP contribution in [-0.4, -0.2) is 35.0 Å². The third-order valence-electron chi connectivity index (χ3n) is 8.12. The zero-order valence-corrected chi connectivity index (χ0v) is 14.4. The van der Waals surface area contributed by atoms with Gasteiger partial charge in [0.05, 0.1) is 11.8 Å². The Kier molecular flexibility index (Phi) is 2.89. The van der Waals surface area contributed by atoms with Gasteiger partial charge >= 0.3 is 0 Å². The SMILES string of the molecule is CC1CNC2(C)C3N[C@@](C)(NN13)C1CC(C1)C1CCC[C@@H]2C1. The fourth-order valence-corrected chi connectivity index (χ4v) is 6.38. The molecule has 2 aliphatic carbocycles. The normalized spacial score (nSPS) is 60.7. The van der Waals surface area contributed by atoms with E-state index < -0.39 is 0 Å². The summed E-state index contributed by atoms with van der Waals surface area (Å²) in [6, 6.07) is 0.559. The molecule has 3 N–H and O–H groups in total. The lowest BCUT2D eigenvalue weighted by molar-refractivity contribution is -0.0330. The van der Waals surface area contributed by atoms with Gasteiger partial charge in [-0.2, -0.15) is 0 Å². The molecule has 22 heavy (non-hydrogen) atoms. The molecule has 4 saturated heterocycles. The first-order valence-electron chi connectivity index (χ1n) is 9.58. The largest absolute Gasteiger partial charge is 0.307 e. The van der Waals surface area contributed by atoms with E-state index in [1.165, 1.54) is 38.5 Å². The summed E-state index contributed by atoms with van der Waals surface area (Å²) in [5, 5.41) is 10.6. The second-order valence-electron chi connectivity index (χ2n) is 9.33. The maximum Gasteiger partial charge on any atom is 0.0935 e. The molecular weight excluding hydrogens is 272 g/mol. The molecule has 0 aromatic carbocycles. The van der Waals surface area contributed by atoms with E-state index in [1.807, 2.05) is 0 Å². The molecular formula is C18H32N4. The summed E-state index contributed by atoms with van der Waals surface area (Å²) in [6.45, 7) is 8.37. The number of hydrogen-bond donors (Lipinski definition) is 3. The molecule has 0 aromatic rings. The van der Waals surface area contributed by atoms with Crippen molar-refractivity contribution in [1.29, 1.82) is 0 Å². The van der Waals surface area contributed by atoms with E-state index in [9.17, 15) is 0 Å². The molecule has 124 valence electrons. The Hall–Kier alpha value is -0.160. The lowest BCUT2D eigenvalue weighted by atomic mass is 9.57. The molecule has 6 bridgehead atoms. The number of hydrogen-bond acceptors (Lipinski definition) is 4. The highest BCUT2D eigenvalue weighted by molar-refractivity contribution is 5.14. The van der Waals surface area contributed by atoms with Gasteiger partial charge in [-0.3, -0.25) is 5.32 Å². The van der Waals surface area contributed by atoms with Crippen molar-refractivity contribution in [2.45, 2.75) is 82.7 Å². The van der Waals surface area contributed by atoms with Crippen LogP contribution in [0, 0.1) is 23.7 Å². The molecule has 6 aliphatic rings. The van der Waals surface area contributed by atoms with Crippen molar-refractivity contribution in [2.24, 2.45) is 23.7 Å². The first-order chi connectivity index (χ1) is 10.5. The van der Waals surface area contributed by atoms with Crippen LogP contribution in [0.3, 0.4) is 0 Å². The van der Waals surface area contributed by atoms with E-state index in [4.69, 9.17) is 0 Å². The Morgan fingerprint density at radius 1 is 1.00 bits per heavy atom. The zero-order valence-electron chi connectivity index (χ0n) is 14.4. The number of piperazine rings is 1. The molecule has 6 atom stereocenters. The Bertz CT molecular complexity index is 476. The Labute approximate surface area is 134 Å². The van der Waals surface area contributed by atoms with Crippen molar-refractivity contribution in [3.63, 3.8) is 0 Å². The van der Waals surface area contributed by atoms with Crippen LogP contribution < -0.4 is 16.1 Å². The first-order valence-corrected chi connectivity index (χ1v) is 9.58. The molecule has 0 radical (unpaired) electrons. The van der Waals surface area contributed by atoms with E-state index >= 15 is 0 Å². The molecule has 4 heteroatoms. The van der Waals surface area contributed by atoms with Gasteiger partial charge in [0.1, 0.15) is 0 Å². The van der Waals surface area contributed by atoms with E-state index in [2.05, 4.69) is 41.8 Å². The number of rotatable bonds is 0. The second-order valence-corrected chi connectivity index (χ2v) is 9.33. The highest BCUT2D eigenvalue weighted by Gasteiger charge is 2.60. The monoisotopic (exact) mass is 304 g/mol. The molecule has 4 heterocycles. The van der Waals surface area contributed by atoms with E-state index in [1.54, 1.807) is 0 Å².